The number of rotatable bonds is 6. The van der Waals surface area contributed by atoms with Crippen LogP contribution in [0.4, 0.5) is 11.4 Å². The van der Waals surface area contributed by atoms with Gasteiger partial charge in [-0.3, -0.25) is 9.59 Å². The van der Waals surface area contributed by atoms with Crippen molar-refractivity contribution in [1.82, 2.24) is 9.97 Å². The summed E-state index contributed by atoms with van der Waals surface area (Å²) in [7, 11) is 0. The van der Waals surface area contributed by atoms with Gasteiger partial charge in [-0.05, 0) is 50.1 Å². The van der Waals surface area contributed by atoms with Crippen LogP contribution in [-0.4, -0.2) is 27.5 Å². The number of hydrogen-bond donors (Lipinski definition) is 2. The molecular weight excluding hydrogens is 392 g/mol. The van der Waals surface area contributed by atoms with Crippen LogP contribution in [0.15, 0.2) is 29.6 Å². The lowest BCUT2D eigenvalue weighted by molar-refractivity contribution is -0.116. The van der Waals surface area contributed by atoms with Gasteiger partial charge >= 0.3 is 0 Å². The van der Waals surface area contributed by atoms with E-state index in [9.17, 15) is 9.59 Å². The number of nitrogens with one attached hydrogen (secondary N) is 2. The fourth-order valence-electron chi connectivity index (χ4n) is 2.71. The molecule has 8 heteroatoms. The summed E-state index contributed by atoms with van der Waals surface area (Å²) >= 11 is 3.05. The molecule has 0 unspecified atom stereocenters. The molecule has 2 amide bonds. The summed E-state index contributed by atoms with van der Waals surface area (Å²) in [6.07, 6.45) is 1.97. The van der Waals surface area contributed by atoms with Gasteiger partial charge < -0.3 is 10.6 Å². The van der Waals surface area contributed by atoms with Gasteiger partial charge in [0.25, 0.3) is 0 Å². The molecular formula is C20H22N4O2S2. The first-order valence-electron chi connectivity index (χ1n) is 8.93. The number of aryl methyl sites for hydroxylation is 3. The molecule has 1 aromatic carbocycles. The Labute approximate surface area is 172 Å². The molecule has 0 bridgehead atoms. The quantitative estimate of drug-likeness (QED) is 0.451. The maximum Gasteiger partial charge on any atom is 0.234 e. The number of carbonyl (C=O) groups excluding carboxylic acids is 2. The summed E-state index contributed by atoms with van der Waals surface area (Å²) in [4.78, 5) is 34.8. The molecule has 28 heavy (non-hydrogen) atoms. The van der Waals surface area contributed by atoms with E-state index in [1.807, 2.05) is 13.0 Å². The number of fused-ring (bicyclic) bond motifs is 1. The lowest BCUT2D eigenvalue weighted by Gasteiger charge is -2.11. The van der Waals surface area contributed by atoms with Crippen molar-refractivity contribution >= 4 is 56.5 Å². The van der Waals surface area contributed by atoms with E-state index in [0.29, 0.717) is 12.1 Å². The Kier molecular flexibility index (Phi) is 6.31. The van der Waals surface area contributed by atoms with Gasteiger partial charge in [0.1, 0.15) is 16.2 Å². The lowest BCUT2D eigenvalue weighted by Crippen LogP contribution is -2.15. The van der Waals surface area contributed by atoms with Crippen LogP contribution in [0.5, 0.6) is 0 Å². The molecule has 0 saturated heterocycles. The second kappa shape index (κ2) is 8.70. The van der Waals surface area contributed by atoms with Crippen molar-refractivity contribution < 1.29 is 9.59 Å². The van der Waals surface area contributed by atoms with Crippen LogP contribution in [0.3, 0.4) is 0 Å². The molecule has 2 heterocycles. The van der Waals surface area contributed by atoms with Crippen LogP contribution in [0, 0.1) is 20.8 Å². The van der Waals surface area contributed by atoms with Gasteiger partial charge in [-0.15, -0.1) is 11.3 Å². The number of hydrogen-bond acceptors (Lipinski definition) is 6. The summed E-state index contributed by atoms with van der Waals surface area (Å²) in [5.41, 5.74) is 3.52. The third-order valence-electron chi connectivity index (χ3n) is 4.38. The molecule has 0 aliphatic heterocycles. The molecule has 2 aromatic heterocycles. The first kappa shape index (κ1) is 20.3. The maximum absolute atomic E-state index is 12.4. The number of carbonyl (C=O) groups is 2. The summed E-state index contributed by atoms with van der Waals surface area (Å²) in [6.45, 7) is 7.83. The number of thiophene rings is 1. The second-order valence-corrected chi connectivity index (χ2v) is 8.58. The molecule has 0 saturated carbocycles. The predicted molar refractivity (Wildman–Crippen MR) is 116 cm³/mol. The molecule has 2 N–H and O–H groups in total. The molecule has 0 aliphatic carbocycles. The molecule has 0 spiro atoms. The minimum Gasteiger partial charge on any atom is -0.326 e. The van der Waals surface area contributed by atoms with E-state index in [1.54, 1.807) is 36.7 Å². The van der Waals surface area contributed by atoms with Crippen molar-refractivity contribution in [2.75, 3.05) is 16.4 Å². The Hall–Kier alpha value is -2.45. The molecule has 3 aromatic rings. The van der Waals surface area contributed by atoms with E-state index >= 15 is 0 Å². The standard InChI is InChI=1S/C20H22N4O2S2/c1-5-16(25)24-15-7-6-14(8-11(15)2)23-17(26)9-27-19-18-12(3)13(4)28-20(18)22-10-21-19/h6-8,10H,5,9H2,1-4H3,(H,23,26)(H,24,25). The minimum absolute atomic E-state index is 0.0357. The second-order valence-electron chi connectivity index (χ2n) is 6.41. The minimum atomic E-state index is -0.105. The number of benzene rings is 1. The van der Waals surface area contributed by atoms with Crippen LogP contribution in [0.25, 0.3) is 10.2 Å². The summed E-state index contributed by atoms with van der Waals surface area (Å²) < 4.78 is 0. The van der Waals surface area contributed by atoms with Gasteiger partial charge in [0.2, 0.25) is 11.8 Å². The number of aromatic nitrogens is 2. The van der Waals surface area contributed by atoms with E-state index in [-0.39, 0.29) is 17.6 Å². The highest BCUT2D eigenvalue weighted by Gasteiger charge is 2.14. The molecule has 0 fully saturated rings. The van der Waals surface area contributed by atoms with Crippen LogP contribution in [0.1, 0.15) is 29.3 Å². The average molecular weight is 415 g/mol. The zero-order valence-corrected chi connectivity index (χ0v) is 17.9. The van der Waals surface area contributed by atoms with E-state index in [4.69, 9.17) is 0 Å². The Morgan fingerprint density at radius 3 is 2.61 bits per heavy atom. The van der Waals surface area contributed by atoms with E-state index in [1.165, 1.54) is 22.2 Å². The predicted octanol–water partition coefficient (Wildman–Crippen LogP) is 4.70. The zero-order valence-electron chi connectivity index (χ0n) is 16.3. The van der Waals surface area contributed by atoms with E-state index < -0.39 is 0 Å². The highest BCUT2D eigenvalue weighted by molar-refractivity contribution is 8.00. The molecule has 0 atom stereocenters. The van der Waals surface area contributed by atoms with Gasteiger partial charge in [0.15, 0.2) is 0 Å². The number of amides is 2. The summed E-state index contributed by atoms with van der Waals surface area (Å²) in [5, 5.41) is 7.61. The lowest BCUT2D eigenvalue weighted by atomic mass is 10.1. The SMILES string of the molecule is CCC(=O)Nc1ccc(NC(=O)CSc2ncnc3sc(C)c(C)c23)cc1C. The first-order valence-corrected chi connectivity index (χ1v) is 10.7. The monoisotopic (exact) mass is 414 g/mol. The van der Waals surface area contributed by atoms with Gasteiger partial charge in [-0.2, -0.15) is 0 Å². The number of nitrogens with zero attached hydrogens (tertiary/aromatic N) is 2. The van der Waals surface area contributed by atoms with Gasteiger partial charge in [0, 0.05) is 28.1 Å². The van der Waals surface area contributed by atoms with Crippen molar-refractivity contribution in [2.45, 2.75) is 39.1 Å². The van der Waals surface area contributed by atoms with E-state index in [0.717, 1.165) is 26.5 Å². The molecule has 6 nitrogen and oxygen atoms in total. The fourth-order valence-corrected chi connectivity index (χ4v) is 4.63. The van der Waals surface area contributed by atoms with Gasteiger partial charge in [-0.25, -0.2) is 9.97 Å². The van der Waals surface area contributed by atoms with Gasteiger partial charge in [-0.1, -0.05) is 18.7 Å². The smallest absolute Gasteiger partial charge is 0.234 e. The topological polar surface area (TPSA) is 84.0 Å². The molecule has 0 aliphatic rings. The average Bonchev–Trinajstić information content (AvgIpc) is 2.96. The number of anilines is 2. The Balaban J connectivity index is 1.65. The van der Waals surface area contributed by atoms with Crippen LogP contribution < -0.4 is 10.6 Å². The molecule has 0 radical (unpaired) electrons. The Morgan fingerprint density at radius 1 is 1.11 bits per heavy atom. The largest absolute Gasteiger partial charge is 0.326 e. The summed E-state index contributed by atoms with van der Waals surface area (Å²) in [5.74, 6) is 0.117. The van der Waals surface area contributed by atoms with Crippen molar-refractivity contribution in [3.05, 3.63) is 40.5 Å². The van der Waals surface area contributed by atoms with Crippen LogP contribution in [-0.2, 0) is 9.59 Å². The third-order valence-corrected chi connectivity index (χ3v) is 6.48. The van der Waals surface area contributed by atoms with Gasteiger partial charge in [0.05, 0.1) is 5.75 Å². The van der Waals surface area contributed by atoms with Crippen LogP contribution in [0.2, 0.25) is 0 Å². The molecule has 146 valence electrons. The Bertz CT molecular complexity index is 1050. The summed E-state index contributed by atoms with van der Waals surface area (Å²) in [6, 6.07) is 5.44. The number of thioether (sulfide) groups is 1. The normalized spacial score (nSPS) is 10.9. The van der Waals surface area contributed by atoms with Crippen molar-refractivity contribution in [3.8, 4) is 0 Å². The molecule has 3 rings (SSSR count). The van der Waals surface area contributed by atoms with E-state index in [2.05, 4.69) is 34.4 Å². The van der Waals surface area contributed by atoms with Crippen molar-refractivity contribution in [1.29, 1.82) is 0 Å². The highest BCUT2D eigenvalue weighted by Crippen LogP contribution is 2.34. The highest BCUT2D eigenvalue weighted by atomic mass is 32.2. The fraction of sp³-hybridized carbons (Fsp3) is 0.300. The van der Waals surface area contributed by atoms with Crippen LogP contribution >= 0.6 is 23.1 Å². The van der Waals surface area contributed by atoms with Crippen molar-refractivity contribution in [3.63, 3.8) is 0 Å². The zero-order chi connectivity index (χ0) is 20.3. The third kappa shape index (κ3) is 4.51. The first-order chi connectivity index (χ1) is 13.4. The van der Waals surface area contributed by atoms with Crippen molar-refractivity contribution in [2.24, 2.45) is 0 Å². The maximum atomic E-state index is 12.4. The Morgan fingerprint density at radius 2 is 1.89 bits per heavy atom.